The van der Waals surface area contributed by atoms with Crippen LogP contribution in [-0.4, -0.2) is 51.3 Å². The predicted octanol–water partition coefficient (Wildman–Crippen LogP) is 2.99. The van der Waals surface area contributed by atoms with E-state index in [2.05, 4.69) is 15.3 Å². The number of carbonyl (C=O) groups excluding carboxylic acids is 2. The van der Waals surface area contributed by atoms with Crippen molar-refractivity contribution in [2.24, 2.45) is 9.98 Å². The van der Waals surface area contributed by atoms with Crippen molar-refractivity contribution in [3.63, 3.8) is 0 Å². The van der Waals surface area contributed by atoms with Crippen LogP contribution in [0.4, 0.5) is 5.69 Å². The summed E-state index contributed by atoms with van der Waals surface area (Å²) in [5, 5.41) is 2.77. The molecule has 1 unspecified atom stereocenters. The maximum absolute atomic E-state index is 12.5. The molecular weight excluding hydrogens is 428 g/mol. The molecule has 3 aliphatic rings. The Hall–Kier alpha value is -1.91. The highest BCUT2D eigenvalue weighted by Gasteiger charge is 2.43. The predicted molar refractivity (Wildman–Crippen MR) is 122 cm³/mol. The molecular formula is C19H20N4O3S3. The van der Waals surface area contributed by atoms with E-state index in [1.165, 1.54) is 23.5 Å². The second kappa shape index (κ2) is 8.85. The van der Waals surface area contributed by atoms with Crippen molar-refractivity contribution in [2.75, 3.05) is 17.8 Å². The summed E-state index contributed by atoms with van der Waals surface area (Å²) >= 11 is 7.92. The van der Waals surface area contributed by atoms with Crippen LogP contribution in [0.25, 0.3) is 0 Å². The van der Waals surface area contributed by atoms with Gasteiger partial charge in [-0.25, -0.2) is 4.99 Å². The molecule has 1 aromatic rings. The van der Waals surface area contributed by atoms with Crippen molar-refractivity contribution in [3.8, 4) is 5.75 Å². The fourth-order valence-electron chi connectivity index (χ4n) is 3.48. The number of anilines is 1. The van der Waals surface area contributed by atoms with Gasteiger partial charge >= 0.3 is 0 Å². The highest BCUT2D eigenvalue weighted by Crippen LogP contribution is 2.36. The molecule has 1 saturated heterocycles. The van der Waals surface area contributed by atoms with E-state index in [0.717, 1.165) is 31.4 Å². The van der Waals surface area contributed by atoms with Crippen LogP contribution in [0.15, 0.2) is 34.3 Å². The maximum Gasteiger partial charge on any atom is 0.269 e. The molecule has 2 amide bonds. The number of nitrogens with one attached hydrogen (secondary N) is 1. The number of fused-ring (bicyclic) bond motifs is 1. The second-order valence-electron chi connectivity index (χ2n) is 6.84. The minimum absolute atomic E-state index is 0.0552. The zero-order valence-electron chi connectivity index (χ0n) is 15.8. The lowest BCUT2D eigenvalue weighted by molar-refractivity contribution is -0.119. The number of amidine groups is 2. The third-order valence-corrected chi connectivity index (χ3v) is 7.22. The summed E-state index contributed by atoms with van der Waals surface area (Å²) in [5.74, 6) is 1.05. The van der Waals surface area contributed by atoms with Crippen LogP contribution in [0.2, 0.25) is 0 Å². The first-order valence-electron chi connectivity index (χ1n) is 9.33. The van der Waals surface area contributed by atoms with Crippen molar-refractivity contribution in [1.29, 1.82) is 0 Å². The van der Waals surface area contributed by atoms with E-state index in [1.807, 2.05) is 24.3 Å². The van der Waals surface area contributed by atoms with Gasteiger partial charge in [0.2, 0.25) is 5.91 Å². The number of rotatable bonds is 5. The van der Waals surface area contributed by atoms with Gasteiger partial charge in [-0.2, -0.15) is 4.99 Å². The second-order valence-corrected chi connectivity index (χ2v) is 9.52. The Morgan fingerprint density at radius 2 is 2.17 bits per heavy atom. The highest BCUT2D eigenvalue weighted by molar-refractivity contribution is 8.25. The zero-order valence-corrected chi connectivity index (χ0v) is 18.2. The van der Waals surface area contributed by atoms with Gasteiger partial charge in [0.1, 0.15) is 15.9 Å². The number of carbonyl (C=O) groups is 2. The molecule has 1 saturated carbocycles. The van der Waals surface area contributed by atoms with Crippen LogP contribution < -0.4 is 15.0 Å². The molecule has 0 aromatic heterocycles. The highest BCUT2D eigenvalue weighted by atomic mass is 32.2. The summed E-state index contributed by atoms with van der Waals surface area (Å²) in [6.45, 7) is 0. The lowest BCUT2D eigenvalue weighted by atomic mass is 10.2. The van der Waals surface area contributed by atoms with Gasteiger partial charge in [0.25, 0.3) is 5.91 Å². The maximum atomic E-state index is 12.5. The fourth-order valence-corrected chi connectivity index (χ4v) is 5.55. The monoisotopic (exact) mass is 448 g/mol. The first-order chi connectivity index (χ1) is 14.0. The quantitative estimate of drug-likeness (QED) is 0.693. The van der Waals surface area contributed by atoms with Gasteiger partial charge in [-0.3, -0.25) is 14.5 Å². The van der Waals surface area contributed by atoms with E-state index in [1.54, 1.807) is 12.0 Å². The lowest BCUT2D eigenvalue weighted by Crippen LogP contribution is -2.38. The number of methoxy groups -OCH3 is 1. The smallest absolute Gasteiger partial charge is 0.269 e. The summed E-state index contributed by atoms with van der Waals surface area (Å²) in [6, 6.07) is 7.69. The largest absolute Gasteiger partial charge is 0.497 e. The minimum Gasteiger partial charge on any atom is -0.497 e. The van der Waals surface area contributed by atoms with Gasteiger partial charge < -0.3 is 10.1 Å². The number of nitrogens with zero attached hydrogens (tertiary/aromatic N) is 3. The number of thioether (sulfide) groups is 2. The van der Waals surface area contributed by atoms with E-state index in [4.69, 9.17) is 17.0 Å². The summed E-state index contributed by atoms with van der Waals surface area (Å²) in [4.78, 5) is 35.1. The zero-order chi connectivity index (χ0) is 20.4. The molecule has 0 spiro atoms. The van der Waals surface area contributed by atoms with E-state index < -0.39 is 5.25 Å². The van der Waals surface area contributed by atoms with Gasteiger partial charge in [0, 0.05) is 12.1 Å². The van der Waals surface area contributed by atoms with Crippen molar-refractivity contribution in [2.45, 2.75) is 37.0 Å². The number of aliphatic imine (C=N–C) groups is 2. The van der Waals surface area contributed by atoms with Crippen LogP contribution in [0.1, 0.15) is 25.7 Å². The molecule has 2 heterocycles. The summed E-state index contributed by atoms with van der Waals surface area (Å²) in [5.41, 5.74) is 0.779. The molecule has 1 atom stereocenters. The van der Waals surface area contributed by atoms with Gasteiger partial charge in [0.05, 0.1) is 18.6 Å². The van der Waals surface area contributed by atoms with Crippen molar-refractivity contribution >= 4 is 68.6 Å². The number of ether oxygens (including phenoxy) is 1. The average molecular weight is 449 g/mol. The molecule has 2 aliphatic heterocycles. The van der Waals surface area contributed by atoms with E-state index >= 15 is 0 Å². The normalized spacial score (nSPS) is 21.7. The molecule has 1 aromatic carbocycles. The number of thiocarbonyl (C=S) groups is 1. The first kappa shape index (κ1) is 20.4. The standard InChI is InChI=1S/C19H20N4O3S3/c1-26-13-8-4-7-12(9-13)23-16-15(29-19(23)27)17(25)22-18(21-16)28-10-14(24)20-11-5-2-3-6-11/h4,7-9,11,15H,2-3,5-6,10H2,1H3,(H,20,24). The van der Waals surface area contributed by atoms with Crippen molar-refractivity contribution in [3.05, 3.63) is 24.3 Å². The molecule has 2 fully saturated rings. The van der Waals surface area contributed by atoms with E-state index in [-0.39, 0.29) is 23.6 Å². The fraction of sp³-hybridized carbons (Fsp3) is 0.421. The summed E-state index contributed by atoms with van der Waals surface area (Å²) in [6.07, 6.45) is 4.38. The molecule has 0 bridgehead atoms. The Labute approximate surface area is 182 Å². The Balaban J connectivity index is 1.49. The van der Waals surface area contributed by atoms with Crippen LogP contribution in [0.5, 0.6) is 5.75 Å². The van der Waals surface area contributed by atoms with Gasteiger partial charge in [-0.05, 0) is 25.0 Å². The Morgan fingerprint density at radius 3 is 2.93 bits per heavy atom. The van der Waals surface area contributed by atoms with Crippen LogP contribution in [-0.2, 0) is 9.59 Å². The Kier molecular flexibility index (Phi) is 6.21. The molecule has 1 N–H and O–H groups in total. The molecule has 7 nitrogen and oxygen atoms in total. The number of hydrogen-bond acceptors (Lipinski definition) is 7. The van der Waals surface area contributed by atoms with Gasteiger partial charge in [0.15, 0.2) is 10.4 Å². The van der Waals surface area contributed by atoms with Crippen LogP contribution in [0, 0.1) is 0 Å². The Bertz CT molecular complexity index is 912. The molecule has 0 radical (unpaired) electrons. The van der Waals surface area contributed by atoms with E-state index in [0.29, 0.717) is 21.1 Å². The van der Waals surface area contributed by atoms with Gasteiger partial charge in [-0.15, -0.1) is 0 Å². The van der Waals surface area contributed by atoms with Crippen LogP contribution in [0.3, 0.4) is 0 Å². The van der Waals surface area contributed by atoms with Crippen molar-refractivity contribution < 1.29 is 14.3 Å². The first-order valence-corrected chi connectivity index (χ1v) is 11.6. The van der Waals surface area contributed by atoms with Crippen molar-refractivity contribution in [1.82, 2.24) is 5.32 Å². The molecule has 4 rings (SSSR count). The van der Waals surface area contributed by atoms with Gasteiger partial charge in [-0.1, -0.05) is 54.6 Å². The molecule has 152 valence electrons. The number of amides is 2. The average Bonchev–Trinajstić information content (AvgIpc) is 3.34. The number of hydrogen-bond donors (Lipinski definition) is 1. The Morgan fingerprint density at radius 1 is 1.38 bits per heavy atom. The summed E-state index contributed by atoms with van der Waals surface area (Å²) < 4.78 is 5.83. The SMILES string of the molecule is COc1cccc(N2C(=S)SC3C(=O)N=C(SCC(=O)NC4CCCC4)N=C32)c1. The number of benzene rings is 1. The lowest BCUT2D eigenvalue weighted by Gasteiger charge is -2.21. The van der Waals surface area contributed by atoms with Crippen LogP contribution >= 0.6 is 35.7 Å². The molecule has 10 heteroatoms. The third kappa shape index (κ3) is 4.49. The van der Waals surface area contributed by atoms with E-state index in [9.17, 15) is 9.59 Å². The third-order valence-electron chi connectivity index (χ3n) is 4.87. The minimum atomic E-state index is -0.551. The summed E-state index contributed by atoms with van der Waals surface area (Å²) in [7, 11) is 1.60. The molecule has 29 heavy (non-hydrogen) atoms. The molecule has 1 aliphatic carbocycles. The topological polar surface area (TPSA) is 83.4 Å².